The number of rotatable bonds is 12. The average molecular weight is 678 g/mol. The number of nitrogens with zero attached hydrogens (tertiary/aromatic N) is 1. The highest BCUT2D eigenvalue weighted by molar-refractivity contribution is 6.24. The highest BCUT2D eigenvalue weighted by Crippen LogP contribution is 2.42. The van der Waals surface area contributed by atoms with Crippen molar-refractivity contribution in [2.75, 3.05) is 42.7 Å². The lowest BCUT2D eigenvalue weighted by atomic mass is 10.00. The summed E-state index contributed by atoms with van der Waals surface area (Å²) >= 11 is 0. The van der Waals surface area contributed by atoms with Crippen LogP contribution in [0.3, 0.4) is 0 Å². The zero-order valence-electron chi connectivity index (χ0n) is 28.5. The Kier molecular flexibility index (Phi) is 9.75. The van der Waals surface area contributed by atoms with E-state index in [1.807, 2.05) is 30.3 Å². The van der Waals surface area contributed by atoms with Crippen molar-refractivity contribution in [2.24, 2.45) is 0 Å². The molecule has 0 unspecified atom stereocenters. The molecule has 2 aromatic heterocycles. The molecular formula is C39H36FN3O7. The lowest BCUT2D eigenvalue weighted by Crippen LogP contribution is -2.24. The van der Waals surface area contributed by atoms with Gasteiger partial charge in [0, 0.05) is 27.4 Å². The molecule has 0 aliphatic rings. The fourth-order valence-corrected chi connectivity index (χ4v) is 5.97. The minimum atomic E-state index is -0.416. The normalized spacial score (nSPS) is 11.4. The maximum absolute atomic E-state index is 14.4. The lowest BCUT2D eigenvalue weighted by Gasteiger charge is -2.17. The summed E-state index contributed by atoms with van der Waals surface area (Å²) in [7, 11) is 9.08. The van der Waals surface area contributed by atoms with Crippen LogP contribution in [0.5, 0.6) is 34.5 Å². The number of aromatic amines is 1. The molecule has 50 heavy (non-hydrogen) atoms. The summed E-state index contributed by atoms with van der Waals surface area (Å²) in [5.74, 6) is 1.59. The Labute approximate surface area is 288 Å². The average Bonchev–Trinajstić information content (AvgIpc) is 3.53. The van der Waals surface area contributed by atoms with Gasteiger partial charge in [-0.1, -0.05) is 30.3 Å². The van der Waals surface area contributed by atoms with E-state index >= 15 is 0 Å². The third-order valence-corrected chi connectivity index (χ3v) is 8.30. The molecule has 0 saturated heterocycles. The van der Waals surface area contributed by atoms with E-state index in [2.05, 4.69) is 10.3 Å². The summed E-state index contributed by atoms with van der Waals surface area (Å²) in [6, 6.07) is 23.0. The molecule has 4 aromatic carbocycles. The number of carbonyl (C=O) groups excluding carboxylic acids is 1. The predicted molar refractivity (Wildman–Crippen MR) is 191 cm³/mol. The van der Waals surface area contributed by atoms with Crippen LogP contribution in [0.4, 0.5) is 4.39 Å². The van der Waals surface area contributed by atoms with Crippen molar-refractivity contribution in [1.29, 1.82) is 0 Å². The first-order valence-electron chi connectivity index (χ1n) is 15.6. The number of amides is 1. The number of methoxy groups -OCH3 is 6. The number of aromatic nitrogens is 2. The molecular weight excluding hydrogens is 641 g/mol. The van der Waals surface area contributed by atoms with Crippen molar-refractivity contribution in [3.8, 4) is 45.8 Å². The van der Waals surface area contributed by atoms with Gasteiger partial charge in [0.1, 0.15) is 5.82 Å². The van der Waals surface area contributed by atoms with Gasteiger partial charge in [0.2, 0.25) is 11.5 Å². The number of halogens is 1. The van der Waals surface area contributed by atoms with Gasteiger partial charge in [0.05, 0.1) is 66.1 Å². The molecule has 0 aliphatic carbocycles. The van der Waals surface area contributed by atoms with Crippen molar-refractivity contribution in [3.63, 3.8) is 0 Å². The summed E-state index contributed by atoms with van der Waals surface area (Å²) in [4.78, 5) is 22.6. The first-order chi connectivity index (χ1) is 24.3. The van der Waals surface area contributed by atoms with Gasteiger partial charge >= 0.3 is 0 Å². The molecule has 0 fully saturated rings. The van der Waals surface area contributed by atoms with Crippen molar-refractivity contribution >= 4 is 39.4 Å². The van der Waals surface area contributed by atoms with Gasteiger partial charge in [-0.15, -0.1) is 0 Å². The third kappa shape index (κ3) is 6.45. The van der Waals surface area contributed by atoms with Crippen LogP contribution in [0.15, 0.2) is 78.9 Å². The molecule has 2 N–H and O–H groups in total. The molecule has 0 bridgehead atoms. The van der Waals surface area contributed by atoms with Crippen LogP contribution in [-0.2, 0) is 11.3 Å². The van der Waals surface area contributed by atoms with Gasteiger partial charge < -0.3 is 38.7 Å². The van der Waals surface area contributed by atoms with Crippen LogP contribution in [-0.4, -0.2) is 58.5 Å². The first kappa shape index (κ1) is 33.7. The van der Waals surface area contributed by atoms with E-state index in [0.717, 1.165) is 21.8 Å². The summed E-state index contributed by atoms with van der Waals surface area (Å²) < 4.78 is 47.7. The second-order valence-corrected chi connectivity index (χ2v) is 11.2. The van der Waals surface area contributed by atoms with E-state index in [1.165, 1.54) is 54.8 Å². The fraction of sp³-hybridized carbons (Fsp3) is 0.179. The second-order valence-electron chi connectivity index (χ2n) is 11.2. The van der Waals surface area contributed by atoms with Gasteiger partial charge in [0.15, 0.2) is 23.0 Å². The Bertz CT molecular complexity index is 2200. The molecule has 6 rings (SSSR count). The van der Waals surface area contributed by atoms with Gasteiger partial charge in [-0.25, -0.2) is 9.37 Å². The Morgan fingerprint density at radius 3 is 1.96 bits per heavy atom. The smallest absolute Gasteiger partial charge is 0.252 e. The number of hydrogen-bond acceptors (Lipinski definition) is 8. The summed E-state index contributed by atoms with van der Waals surface area (Å²) in [5, 5.41) is 4.92. The van der Waals surface area contributed by atoms with Crippen LogP contribution >= 0.6 is 0 Å². The van der Waals surface area contributed by atoms with Gasteiger partial charge in [-0.05, 0) is 65.7 Å². The van der Waals surface area contributed by atoms with Crippen molar-refractivity contribution in [3.05, 3.63) is 102 Å². The molecule has 1 amide bonds. The maximum Gasteiger partial charge on any atom is 0.252 e. The predicted octanol–water partition coefficient (Wildman–Crippen LogP) is 7.43. The zero-order chi connectivity index (χ0) is 35.4. The molecule has 11 heteroatoms. The number of ether oxygens (including phenoxy) is 6. The summed E-state index contributed by atoms with van der Waals surface area (Å²) in [6.45, 7) is 0.0631. The first-order valence-corrected chi connectivity index (χ1v) is 15.6. The fourth-order valence-electron chi connectivity index (χ4n) is 5.97. The van der Waals surface area contributed by atoms with Crippen molar-refractivity contribution in [1.82, 2.24) is 15.3 Å². The summed E-state index contributed by atoms with van der Waals surface area (Å²) in [5.41, 5.74) is 4.81. The van der Waals surface area contributed by atoms with E-state index in [0.29, 0.717) is 62.6 Å². The van der Waals surface area contributed by atoms with Crippen LogP contribution in [0.25, 0.3) is 44.7 Å². The molecule has 0 spiro atoms. The van der Waals surface area contributed by atoms with E-state index in [-0.39, 0.29) is 17.9 Å². The minimum Gasteiger partial charge on any atom is -0.493 e. The van der Waals surface area contributed by atoms with Crippen molar-refractivity contribution < 1.29 is 37.6 Å². The topological polar surface area (TPSA) is 113 Å². The molecule has 6 aromatic rings. The highest BCUT2D eigenvalue weighted by Gasteiger charge is 2.22. The molecule has 0 atom stereocenters. The van der Waals surface area contributed by atoms with E-state index in [9.17, 15) is 9.18 Å². The Morgan fingerprint density at radius 1 is 0.740 bits per heavy atom. The van der Waals surface area contributed by atoms with Gasteiger partial charge in [-0.2, -0.15) is 0 Å². The molecule has 256 valence electrons. The van der Waals surface area contributed by atoms with Crippen molar-refractivity contribution in [2.45, 2.75) is 6.54 Å². The Hall–Kier alpha value is -6.23. The largest absolute Gasteiger partial charge is 0.493 e. The number of pyridine rings is 1. The standard InChI is InChI=1S/C39H36FN3O7/c1-45-31-15-22(16-32(46-2)37(31)49-5)14-28(24-18-33(47-3)38(50-6)34(19-24)48-4)39(44)41-21-26-20-29-27-12-7-8-13-30(27)43-36(29)35(42-26)23-10-9-11-25(40)17-23/h7-20,43H,21H2,1-6H3,(H,41,44)/b28-14+. The quantitative estimate of drug-likeness (QED) is 0.102. The molecule has 0 aliphatic heterocycles. The Balaban J connectivity index is 1.46. The number of H-pyrrole nitrogens is 1. The number of para-hydroxylation sites is 1. The number of carbonyl (C=O) groups is 1. The van der Waals surface area contributed by atoms with E-state index in [1.54, 1.807) is 42.5 Å². The maximum atomic E-state index is 14.4. The van der Waals surface area contributed by atoms with Crippen LogP contribution in [0, 0.1) is 5.82 Å². The van der Waals surface area contributed by atoms with E-state index in [4.69, 9.17) is 33.4 Å². The second kappa shape index (κ2) is 14.5. The van der Waals surface area contributed by atoms with Crippen LogP contribution < -0.4 is 33.7 Å². The molecule has 0 radical (unpaired) electrons. The Morgan fingerprint density at radius 2 is 1.36 bits per heavy atom. The number of hydrogen-bond donors (Lipinski definition) is 2. The van der Waals surface area contributed by atoms with Gasteiger partial charge in [0.25, 0.3) is 5.91 Å². The number of nitrogens with one attached hydrogen (secondary N) is 2. The molecule has 0 saturated carbocycles. The lowest BCUT2D eigenvalue weighted by molar-refractivity contribution is -0.115. The van der Waals surface area contributed by atoms with Gasteiger partial charge in [-0.3, -0.25) is 4.79 Å². The number of benzene rings is 4. The molecule has 10 nitrogen and oxygen atoms in total. The van der Waals surface area contributed by atoms with E-state index < -0.39 is 5.91 Å². The SMILES string of the molecule is COc1cc(/C=C(/C(=O)NCc2cc3c([nH]c4ccccc43)c(-c3cccc(F)c3)n2)c2cc(OC)c(OC)c(OC)c2)cc(OC)c1OC. The zero-order valence-corrected chi connectivity index (χ0v) is 28.5. The highest BCUT2D eigenvalue weighted by atomic mass is 19.1. The van der Waals surface area contributed by atoms with Crippen LogP contribution in [0.2, 0.25) is 0 Å². The third-order valence-electron chi connectivity index (χ3n) is 8.30. The van der Waals surface area contributed by atoms with Crippen LogP contribution in [0.1, 0.15) is 16.8 Å². The number of fused-ring (bicyclic) bond motifs is 3. The summed E-state index contributed by atoms with van der Waals surface area (Å²) in [6.07, 6.45) is 1.70. The monoisotopic (exact) mass is 677 g/mol. The minimum absolute atomic E-state index is 0.0631. The molecule has 2 heterocycles.